The first-order chi connectivity index (χ1) is 18.0. The quantitative estimate of drug-likeness (QED) is 0.391. The van der Waals surface area contributed by atoms with Gasteiger partial charge in [-0.05, 0) is 75.1 Å². The van der Waals surface area contributed by atoms with Crippen molar-refractivity contribution in [3.63, 3.8) is 0 Å². The van der Waals surface area contributed by atoms with Crippen molar-refractivity contribution in [1.82, 2.24) is 9.80 Å². The standard InChI is InChI=1S/C27H32N2O4.CH4O3S/c1-2-12-28-13-11-26-22-16-7-8-20(30)23(22)33-24(26)19(9-10-27(26,32)21(28)14-16)29-15-17-5-3-4-6-18(17)25(29)31;1-5(2,3)4/h2,7-8,19,21,24,30,32H,1,3-6,9-15H2;1H3,(H,2,3,4)/t19-,21-,24+,26+,27-;/m1./s1. The lowest BCUT2D eigenvalue weighted by molar-refractivity contribution is -0.198. The molecule has 5 atom stereocenters. The summed E-state index contributed by atoms with van der Waals surface area (Å²) in [5.41, 5.74) is 2.98. The molecule has 1 aromatic carbocycles. The monoisotopic (exact) mass is 544 g/mol. The number of aromatic hydroxyl groups is 1. The summed E-state index contributed by atoms with van der Waals surface area (Å²) in [4.78, 5) is 17.9. The second-order valence-electron chi connectivity index (χ2n) is 11.7. The third-order valence-corrected chi connectivity index (χ3v) is 9.77. The molecule has 1 spiro atoms. The third-order valence-electron chi connectivity index (χ3n) is 9.77. The number of piperidine rings is 1. The molecule has 0 unspecified atom stereocenters. The van der Waals surface area contributed by atoms with Gasteiger partial charge < -0.3 is 19.8 Å². The van der Waals surface area contributed by atoms with E-state index in [-0.39, 0.29) is 29.8 Å². The molecule has 1 amide bonds. The molecule has 6 aliphatic rings. The van der Waals surface area contributed by atoms with Crippen molar-refractivity contribution in [3.05, 3.63) is 47.1 Å². The maximum Gasteiger partial charge on any atom is 0.261 e. The predicted octanol–water partition coefficient (Wildman–Crippen LogP) is 2.32. The lowest BCUT2D eigenvalue weighted by Gasteiger charge is -2.64. The minimum absolute atomic E-state index is 0.0140. The number of benzene rings is 1. The van der Waals surface area contributed by atoms with Crippen LogP contribution in [0.3, 0.4) is 0 Å². The van der Waals surface area contributed by atoms with Crippen LogP contribution in [0.2, 0.25) is 0 Å². The average Bonchev–Trinajstić information content (AvgIpc) is 3.37. The maximum absolute atomic E-state index is 13.5. The molecule has 2 bridgehead atoms. The molecule has 3 aliphatic carbocycles. The Labute approximate surface area is 223 Å². The molecule has 2 fully saturated rings. The van der Waals surface area contributed by atoms with Crippen molar-refractivity contribution >= 4 is 16.0 Å². The fourth-order valence-corrected chi connectivity index (χ4v) is 8.43. The zero-order chi connectivity index (χ0) is 27.0. The van der Waals surface area contributed by atoms with Gasteiger partial charge in [0.05, 0.1) is 23.3 Å². The molecule has 10 heteroatoms. The molecule has 1 aromatic rings. The van der Waals surface area contributed by atoms with Gasteiger partial charge in [-0.25, -0.2) is 0 Å². The number of carbonyl (C=O) groups excluding carboxylic acids is 1. The van der Waals surface area contributed by atoms with E-state index in [1.807, 2.05) is 12.1 Å². The van der Waals surface area contributed by atoms with Crippen molar-refractivity contribution in [2.24, 2.45) is 0 Å². The number of carbonyl (C=O) groups is 1. The van der Waals surface area contributed by atoms with E-state index in [9.17, 15) is 23.4 Å². The summed E-state index contributed by atoms with van der Waals surface area (Å²) in [5.74, 6) is 0.871. The first-order valence-corrected chi connectivity index (χ1v) is 15.4. The zero-order valence-corrected chi connectivity index (χ0v) is 22.5. The van der Waals surface area contributed by atoms with Crippen LogP contribution in [-0.4, -0.2) is 88.6 Å². The summed E-state index contributed by atoms with van der Waals surface area (Å²) in [6, 6.07) is 3.64. The number of phenols is 1. The summed E-state index contributed by atoms with van der Waals surface area (Å²) < 4.78 is 32.5. The van der Waals surface area contributed by atoms with Gasteiger partial charge >= 0.3 is 0 Å². The highest BCUT2D eigenvalue weighted by Gasteiger charge is 2.73. The van der Waals surface area contributed by atoms with Crippen molar-refractivity contribution < 1.29 is 32.7 Å². The van der Waals surface area contributed by atoms with Crippen LogP contribution in [0.4, 0.5) is 0 Å². The lowest BCUT2D eigenvalue weighted by Crippen LogP contribution is -2.78. The fourth-order valence-electron chi connectivity index (χ4n) is 8.43. The Balaban J connectivity index is 0.000000487. The smallest absolute Gasteiger partial charge is 0.261 e. The van der Waals surface area contributed by atoms with Crippen LogP contribution in [0.15, 0.2) is 35.9 Å². The van der Waals surface area contributed by atoms with Crippen molar-refractivity contribution in [1.29, 1.82) is 0 Å². The summed E-state index contributed by atoms with van der Waals surface area (Å²) in [5, 5.41) is 23.3. The lowest BCUT2D eigenvalue weighted by atomic mass is 9.48. The van der Waals surface area contributed by atoms with Crippen LogP contribution >= 0.6 is 0 Å². The molecule has 3 N–H and O–H groups in total. The largest absolute Gasteiger partial charge is 0.504 e. The first-order valence-electron chi connectivity index (χ1n) is 13.5. The minimum atomic E-state index is -3.67. The second-order valence-corrected chi connectivity index (χ2v) is 13.2. The van der Waals surface area contributed by atoms with E-state index < -0.39 is 21.1 Å². The van der Waals surface area contributed by atoms with Crippen LogP contribution in [0, 0.1) is 0 Å². The van der Waals surface area contributed by atoms with E-state index in [4.69, 9.17) is 9.29 Å². The van der Waals surface area contributed by atoms with Gasteiger partial charge in [-0.2, -0.15) is 8.42 Å². The van der Waals surface area contributed by atoms with Gasteiger partial charge in [-0.3, -0.25) is 14.2 Å². The van der Waals surface area contributed by atoms with Gasteiger partial charge in [0.15, 0.2) is 11.5 Å². The van der Waals surface area contributed by atoms with Gasteiger partial charge in [-0.15, -0.1) is 6.58 Å². The highest BCUT2D eigenvalue weighted by Crippen LogP contribution is 2.66. The van der Waals surface area contributed by atoms with Crippen LogP contribution in [0.5, 0.6) is 11.5 Å². The Bertz CT molecular complexity index is 1330. The molecule has 1 saturated heterocycles. The van der Waals surface area contributed by atoms with Gasteiger partial charge in [0.25, 0.3) is 10.1 Å². The van der Waals surface area contributed by atoms with E-state index in [1.54, 1.807) is 6.07 Å². The van der Waals surface area contributed by atoms with E-state index in [2.05, 4.69) is 16.4 Å². The van der Waals surface area contributed by atoms with Crippen molar-refractivity contribution in [2.75, 3.05) is 25.9 Å². The molecule has 206 valence electrons. The van der Waals surface area contributed by atoms with Crippen molar-refractivity contribution in [3.8, 4) is 11.5 Å². The second kappa shape index (κ2) is 8.81. The van der Waals surface area contributed by atoms with Gasteiger partial charge in [-0.1, -0.05) is 12.1 Å². The Morgan fingerprint density at radius 1 is 1.24 bits per heavy atom. The molecular formula is C28H36N2O7S. The van der Waals surface area contributed by atoms with E-state index >= 15 is 0 Å². The minimum Gasteiger partial charge on any atom is -0.504 e. The van der Waals surface area contributed by atoms with Crippen LogP contribution in [-0.2, 0) is 26.7 Å². The number of nitrogens with zero attached hydrogens (tertiary/aromatic N) is 2. The van der Waals surface area contributed by atoms with Gasteiger partial charge in [0.2, 0.25) is 5.91 Å². The fraction of sp³-hybridized carbons (Fsp3) is 0.607. The number of rotatable bonds is 3. The zero-order valence-electron chi connectivity index (χ0n) is 21.7. The average molecular weight is 545 g/mol. The number of aliphatic hydroxyl groups is 1. The third kappa shape index (κ3) is 3.60. The van der Waals surface area contributed by atoms with Crippen molar-refractivity contribution in [2.45, 2.75) is 80.6 Å². The van der Waals surface area contributed by atoms with Gasteiger partial charge in [0, 0.05) is 30.3 Å². The van der Waals surface area contributed by atoms with Crippen LogP contribution in [0.25, 0.3) is 0 Å². The SMILES string of the molecule is C=CCN1CC[C@]23c4c5ccc(O)c4O[C@H]2[C@H](N2CC4=C(CCCC4)C2=O)CC[C@@]3(O)[C@H]1C5.CS(=O)(=O)O. The molecule has 0 aromatic heterocycles. The molecule has 9 nitrogen and oxygen atoms in total. The van der Waals surface area contributed by atoms with E-state index in [0.717, 1.165) is 69.2 Å². The number of likely N-dealkylation sites (tertiary alicyclic amines) is 1. The van der Waals surface area contributed by atoms with E-state index in [0.29, 0.717) is 25.0 Å². The molecule has 0 radical (unpaired) electrons. The molecule has 7 rings (SSSR count). The number of hydrogen-bond acceptors (Lipinski definition) is 7. The molecule has 38 heavy (non-hydrogen) atoms. The Morgan fingerprint density at radius 2 is 1.97 bits per heavy atom. The highest BCUT2D eigenvalue weighted by molar-refractivity contribution is 7.85. The summed E-state index contributed by atoms with van der Waals surface area (Å²) in [6.07, 6.45) is 9.33. The number of phenolic OH excluding ortho intramolecular Hbond substituents is 1. The Morgan fingerprint density at radius 3 is 2.68 bits per heavy atom. The normalized spacial score (nSPS) is 35.2. The molecule has 1 saturated carbocycles. The van der Waals surface area contributed by atoms with Crippen LogP contribution < -0.4 is 4.74 Å². The molecular weight excluding hydrogens is 508 g/mol. The number of hydrogen-bond donors (Lipinski definition) is 3. The number of amides is 1. The summed E-state index contributed by atoms with van der Waals surface area (Å²) in [7, 11) is -3.67. The summed E-state index contributed by atoms with van der Waals surface area (Å²) in [6.45, 7) is 6.25. The summed E-state index contributed by atoms with van der Waals surface area (Å²) >= 11 is 0. The number of ether oxygens (including phenoxy) is 1. The predicted molar refractivity (Wildman–Crippen MR) is 141 cm³/mol. The topological polar surface area (TPSA) is 128 Å². The Hall–Kier alpha value is -2.40. The van der Waals surface area contributed by atoms with Gasteiger partial charge in [0.1, 0.15) is 6.10 Å². The first kappa shape index (κ1) is 25.9. The van der Waals surface area contributed by atoms with E-state index in [1.165, 1.54) is 11.1 Å². The Kier molecular flexibility index (Phi) is 5.99. The maximum atomic E-state index is 13.5. The highest BCUT2D eigenvalue weighted by atomic mass is 32.2. The van der Waals surface area contributed by atoms with Crippen LogP contribution in [0.1, 0.15) is 56.1 Å². The molecule has 3 aliphatic heterocycles. The molecule has 3 heterocycles.